The second-order valence-electron chi connectivity index (χ2n) is 3.90. The summed E-state index contributed by atoms with van der Waals surface area (Å²) in [5.74, 6) is 1.67. The highest BCUT2D eigenvalue weighted by molar-refractivity contribution is 5.18. The Labute approximate surface area is 62.6 Å². The number of allylic oxidation sites excluding steroid dienone is 3. The van der Waals surface area contributed by atoms with E-state index in [0.29, 0.717) is 5.41 Å². The van der Waals surface area contributed by atoms with Crippen LogP contribution >= 0.6 is 0 Å². The summed E-state index contributed by atoms with van der Waals surface area (Å²) in [4.78, 5) is 0. The van der Waals surface area contributed by atoms with Gasteiger partial charge in [0.25, 0.3) is 0 Å². The Bertz CT molecular complexity index is 190. The highest BCUT2D eigenvalue weighted by Gasteiger charge is 2.42. The molecule has 1 saturated carbocycles. The van der Waals surface area contributed by atoms with Crippen LogP contribution in [0.4, 0.5) is 0 Å². The van der Waals surface area contributed by atoms with Crippen LogP contribution in [0.15, 0.2) is 24.8 Å². The molecular weight excluding hydrogens is 120 g/mol. The molecule has 0 aromatic carbocycles. The molecule has 2 aliphatic carbocycles. The first-order chi connectivity index (χ1) is 4.74. The molecule has 1 fully saturated rings. The molecule has 0 N–H and O–H groups in total. The third-order valence-electron chi connectivity index (χ3n) is 3.19. The Morgan fingerprint density at radius 2 is 2.40 bits per heavy atom. The van der Waals surface area contributed by atoms with Crippen molar-refractivity contribution in [2.24, 2.45) is 17.3 Å². The highest BCUT2D eigenvalue weighted by Crippen LogP contribution is 2.52. The van der Waals surface area contributed by atoms with Gasteiger partial charge in [0.15, 0.2) is 0 Å². The fourth-order valence-electron chi connectivity index (χ4n) is 2.37. The summed E-state index contributed by atoms with van der Waals surface area (Å²) in [7, 11) is 0. The summed E-state index contributed by atoms with van der Waals surface area (Å²) in [6, 6.07) is 0. The van der Waals surface area contributed by atoms with E-state index in [9.17, 15) is 0 Å². The van der Waals surface area contributed by atoms with Gasteiger partial charge in [0.1, 0.15) is 0 Å². The van der Waals surface area contributed by atoms with Gasteiger partial charge in [-0.2, -0.15) is 0 Å². The van der Waals surface area contributed by atoms with Crippen LogP contribution in [0.25, 0.3) is 0 Å². The molecule has 0 radical (unpaired) electrons. The Kier molecular flexibility index (Phi) is 1.08. The van der Waals surface area contributed by atoms with Gasteiger partial charge < -0.3 is 0 Å². The number of hydrogen-bond donors (Lipinski definition) is 0. The van der Waals surface area contributed by atoms with Crippen LogP contribution in [0.5, 0.6) is 0 Å². The Balaban J connectivity index is 2.30. The zero-order valence-corrected chi connectivity index (χ0v) is 6.51. The maximum absolute atomic E-state index is 3.90. The van der Waals surface area contributed by atoms with Crippen molar-refractivity contribution < 1.29 is 0 Å². The molecule has 2 bridgehead atoms. The van der Waals surface area contributed by atoms with Gasteiger partial charge in [-0.25, -0.2) is 0 Å². The van der Waals surface area contributed by atoms with Gasteiger partial charge in [0.2, 0.25) is 0 Å². The second-order valence-corrected chi connectivity index (χ2v) is 3.90. The normalized spacial score (nSPS) is 50.1. The van der Waals surface area contributed by atoms with Gasteiger partial charge in [-0.15, -0.1) is 6.58 Å². The van der Waals surface area contributed by atoms with Crippen LogP contribution in [0.1, 0.15) is 19.8 Å². The van der Waals surface area contributed by atoms with E-state index in [-0.39, 0.29) is 0 Å². The van der Waals surface area contributed by atoms with Crippen LogP contribution in [0, 0.1) is 17.3 Å². The molecule has 0 nitrogen and oxygen atoms in total. The average Bonchev–Trinajstić information content (AvgIpc) is 2.46. The summed E-state index contributed by atoms with van der Waals surface area (Å²) in [6.07, 6.45) is 9.59. The average molecular weight is 134 g/mol. The van der Waals surface area contributed by atoms with Crippen molar-refractivity contribution in [3.63, 3.8) is 0 Å². The predicted octanol–water partition coefficient (Wildman–Crippen LogP) is 2.77. The van der Waals surface area contributed by atoms with Gasteiger partial charge in [0.05, 0.1) is 0 Å². The van der Waals surface area contributed by atoms with Crippen molar-refractivity contribution in [1.82, 2.24) is 0 Å². The van der Waals surface area contributed by atoms with Crippen LogP contribution in [0.2, 0.25) is 0 Å². The van der Waals surface area contributed by atoms with E-state index >= 15 is 0 Å². The first-order valence-corrected chi connectivity index (χ1v) is 4.06. The first kappa shape index (κ1) is 6.21. The van der Waals surface area contributed by atoms with Crippen LogP contribution < -0.4 is 0 Å². The summed E-state index contributed by atoms with van der Waals surface area (Å²) in [6.45, 7) is 6.23. The van der Waals surface area contributed by atoms with Crippen LogP contribution in [0.3, 0.4) is 0 Å². The lowest BCUT2D eigenvalue weighted by Gasteiger charge is -2.26. The molecule has 2 aliphatic rings. The largest absolute Gasteiger partial charge is 0.103 e. The van der Waals surface area contributed by atoms with E-state index in [4.69, 9.17) is 0 Å². The smallest absolute Gasteiger partial charge is 0.00807 e. The van der Waals surface area contributed by atoms with Crippen molar-refractivity contribution >= 4 is 0 Å². The molecule has 2 rings (SSSR count). The monoisotopic (exact) mass is 134 g/mol. The number of hydrogen-bond acceptors (Lipinski definition) is 0. The molecule has 0 unspecified atom stereocenters. The van der Waals surface area contributed by atoms with E-state index in [1.165, 1.54) is 12.8 Å². The standard InChI is InChI=1S/C10H14/c1-3-10(2)7-8-4-5-9(10)6-8/h3-5,8-9H,1,6-7H2,2H3/t8-,9+,10+/m0/s1. The predicted molar refractivity (Wildman–Crippen MR) is 43.7 cm³/mol. The van der Waals surface area contributed by atoms with E-state index in [2.05, 4.69) is 31.7 Å². The number of fused-ring (bicyclic) bond motifs is 2. The summed E-state index contributed by atoms with van der Waals surface area (Å²) < 4.78 is 0. The minimum Gasteiger partial charge on any atom is -0.103 e. The lowest BCUT2D eigenvalue weighted by Crippen LogP contribution is -2.17. The SMILES string of the molecule is C=C[C@]1(C)C[C@H]2C=C[C@@H]1C2. The van der Waals surface area contributed by atoms with E-state index in [1.54, 1.807) is 0 Å². The fourth-order valence-corrected chi connectivity index (χ4v) is 2.37. The summed E-state index contributed by atoms with van der Waals surface area (Å²) in [5.41, 5.74) is 0.430. The Morgan fingerprint density at radius 3 is 2.70 bits per heavy atom. The lowest BCUT2D eigenvalue weighted by molar-refractivity contribution is 0.354. The second kappa shape index (κ2) is 1.75. The number of rotatable bonds is 1. The van der Waals surface area contributed by atoms with Crippen LogP contribution in [-0.2, 0) is 0 Å². The van der Waals surface area contributed by atoms with Gasteiger partial charge in [-0.05, 0) is 30.1 Å². The van der Waals surface area contributed by atoms with E-state index in [1.807, 2.05) is 0 Å². The molecule has 0 aromatic heterocycles. The van der Waals surface area contributed by atoms with E-state index in [0.717, 1.165) is 11.8 Å². The molecule has 0 aliphatic heterocycles. The van der Waals surface area contributed by atoms with Crippen molar-refractivity contribution in [2.45, 2.75) is 19.8 Å². The molecule has 0 heteroatoms. The summed E-state index contributed by atoms with van der Waals surface area (Å²) in [5, 5.41) is 0. The Morgan fingerprint density at radius 1 is 1.60 bits per heavy atom. The van der Waals surface area contributed by atoms with Crippen molar-refractivity contribution in [3.05, 3.63) is 24.8 Å². The summed E-state index contributed by atoms with van der Waals surface area (Å²) >= 11 is 0. The van der Waals surface area contributed by atoms with E-state index < -0.39 is 0 Å². The maximum Gasteiger partial charge on any atom is -0.00807 e. The minimum absolute atomic E-state index is 0.430. The lowest BCUT2D eigenvalue weighted by atomic mass is 9.78. The third kappa shape index (κ3) is 0.622. The zero-order valence-electron chi connectivity index (χ0n) is 6.51. The Hall–Kier alpha value is -0.520. The molecule has 0 spiro atoms. The quantitative estimate of drug-likeness (QED) is 0.484. The first-order valence-electron chi connectivity index (χ1n) is 4.06. The van der Waals surface area contributed by atoms with Gasteiger partial charge in [-0.1, -0.05) is 25.2 Å². The molecule has 0 amide bonds. The highest BCUT2D eigenvalue weighted by atomic mass is 14.5. The molecule has 0 saturated heterocycles. The van der Waals surface area contributed by atoms with Crippen molar-refractivity contribution in [3.8, 4) is 0 Å². The molecule has 0 heterocycles. The third-order valence-corrected chi connectivity index (χ3v) is 3.19. The topological polar surface area (TPSA) is 0 Å². The molecule has 10 heavy (non-hydrogen) atoms. The van der Waals surface area contributed by atoms with Gasteiger partial charge >= 0.3 is 0 Å². The maximum atomic E-state index is 3.90. The molecule has 0 aromatic rings. The van der Waals surface area contributed by atoms with Crippen molar-refractivity contribution in [2.75, 3.05) is 0 Å². The zero-order chi connectivity index (χ0) is 7.19. The molecule has 3 atom stereocenters. The fraction of sp³-hybridized carbons (Fsp3) is 0.600. The van der Waals surface area contributed by atoms with Crippen molar-refractivity contribution in [1.29, 1.82) is 0 Å². The van der Waals surface area contributed by atoms with Crippen LogP contribution in [-0.4, -0.2) is 0 Å². The van der Waals surface area contributed by atoms with Gasteiger partial charge in [0, 0.05) is 0 Å². The molecule has 54 valence electrons. The minimum atomic E-state index is 0.430. The molecular formula is C10H14. The van der Waals surface area contributed by atoms with Gasteiger partial charge in [-0.3, -0.25) is 0 Å².